The molecule has 0 spiro atoms. The second-order valence-corrected chi connectivity index (χ2v) is 4.41. The SMILES string of the molecule is Cn1cc(Cl)cc1C(=O)Nc1ccccc1CN. The maximum absolute atomic E-state index is 12.1. The maximum atomic E-state index is 12.1. The second-order valence-electron chi connectivity index (χ2n) is 3.97. The zero-order valence-electron chi connectivity index (χ0n) is 9.98. The van der Waals surface area contributed by atoms with Gasteiger partial charge in [-0.05, 0) is 17.7 Å². The minimum atomic E-state index is -0.203. The molecule has 1 aromatic carbocycles. The van der Waals surface area contributed by atoms with E-state index in [1.165, 1.54) is 0 Å². The molecule has 4 nitrogen and oxygen atoms in total. The highest BCUT2D eigenvalue weighted by Crippen LogP contribution is 2.17. The zero-order valence-corrected chi connectivity index (χ0v) is 10.7. The first-order valence-electron chi connectivity index (χ1n) is 5.53. The predicted octanol–water partition coefficient (Wildman–Crippen LogP) is 2.39. The van der Waals surface area contributed by atoms with Crippen molar-refractivity contribution in [2.24, 2.45) is 12.8 Å². The Morgan fingerprint density at radius 3 is 2.78 bits per heavy atom. The van der Waals surface area contributed by atoms with E-state index < -0.39 is 0 Å². The number of aromatic nitrogens is 1. The highest BCUT2D eigenvalue weighted by atomic mass is 35.5. The van der Waals surface area contributed by atoms with Crippen molar-refractivity contribution in [2.75, 3.05) is 5.32 Å². The minimum absolute atomic E-state index is 0.203. The van der Waals surface area contributed by atoms with Gasteiger partial charge in [0.25, 0.3) is 5.91 Å². The Balaban J connectivity index is 2.24. The highest BCUT2D eigenvalue weighted by molar-refractivity contribution is 6.31. The molecule has 0 radical (unpaired) electrons. The Morgan fingerprint density at radius 1 is 1.44 bits per heavy atom. The number of amides is 1. The molecule has 0 aliphatic heterocycles. The van der Waals surface area contributed by atoms with Crippen LogP contribution in [0.15, 0.2) is 36.5 Å². The van der Waals surface area contributed by atoms with Gasteiger partial charge in [-0.1, -0.05) is 29.8 Å². The fourth-order valence-electron chi connectivity index (χ4n) is 1.76. The highest BCUT2D eigenvalue weighted by Gasteiger charge is 2.12. The molecule has 0 saturated carbocycles. The average Bonchev–Trinajstić information content (AvgIpc) is 2.69. The van der Waals surface area contributed by atoms with Gasteiger partial charge < -0.3 is 15.6 Å². The Bertz CT molecular complexity index is 577. The van der Waals surface area contributed by atoms with Crippen LogP contribution in [0.2, 0.25) is 5.02 Å². The number of nitrogens with zero attached hydrogens (tertiary/aromatic N) is 1. The quantitative estimate of drug-likeness (QED) is 0.893. The third-order valence-corrected chi connectivity index (χ3v) is 2.90. The first-order valence-corrected chi connectivity index (χ1v) is 5.91. The van der Waals surface area contributed by atoms with Crippen molar-refractivity contribution in [1.29, 1.82) is 0 Å². The third-order valence-electron chi connectivity index (χ3n) is 2.69. The molecule has 0 aliphatic rings. The number of nitrogens with two attached hydrogens (primary N) is 1. The lowest BCUT2D eigenvalue weighted by molar-refractivity contribution is 0.101. The fraction of sp³-hybridized carbons (Fsp3) is 0.154. The van der Waals surface area contributed by atoms with Crippen molar-refractivity contribution in [2.45, 2.75) is 6.54 Å². The number of carbonyl (C=O) groups excluding carboxylic acids is 1. The normalized spacial score (nSPS) is 10.4. The summed E-state index contributed by atoms with van der Waals surface area (Å²) in [6.45, 7) is 0.379. The number of hydrogen-bond donors (Lipinski definition) is 2. The van der Waals surface area contributed by atoms with E-state index >= 15 is 0 Å². The molecule has 2 rings (SSSR count). The summed E-state index contributed by atoms with van der Waals surface area (Å²) in [5.74, 6) is -0.203. The van der Waals surface area contributed by atoms with Crippen LogP contribution in [0, 0.1) is 0 Å². The molecule has 1 amide bonds. The van der Waals surface area contributed by atoms with E-state index in [4.69, 9.17) is 17.3 Å². The van der Waals surface area contributed by atoms with Crippen molar-refractivity contribution in [3.05, 3.63) is 52.8 Å². The van der Waals surface area contributed by atoms with Crippen LogP contribution in [0.3, 0.4) is 0 Å². The van der Waals surface area contributed by atoms with Crippen LogP contribution in [0.5, 0.6) is 0 Å². The standard InChI is InChI=1S/C13H14ClN3O/c1-17-8-10(14)6-12(17)13(18)16-11-5-3-2-4-9(11)7-15/h2-6,8H,7,15H2,1H3,(H,16,18). The van der Waals surface area contributed by atoms with E-state index in [0.29, 0.717) is 17.3 Å². The van der Waals surface area contributed by atoms with Gasteiger partial charge in [0.15, 0.2) is 0 Å². The van der Waals surface area contributed by atoms with Crippen LogP contribution in [0.25, 0.3) is 0 Å². The monoisotopic (exact) mass is 263 g/mol. The van der Waals surface area contributed by atoms with Gasteiger partial charge >= 0.3 is 0 Å². The zero-order chi connectivity index (χ0) is 13.1. The number of halogens is 1. The summed E-state index contributed by atoms with van der Waals surface area (Å²) >= 11 is 5.85. The molecule has 0 aliphatic carbocycles. The van der Waals surface area contributed by atoms with Gasteiger partial charge in [0.1, 0.15) is 5.69 Å². The molecule has 0 atom stereocenters. The summed E-state index contributed by atoms with van der Waals surface area (Å²) in [4.78, 5) is 12.1. The smallest absolute Gasteiger partial charge is 0.272 e. The Hall–Kier alpha value is -1.78. The number of carbonyl (C=O) groups is 1. The van der Waals surface area contributed by atoms with Crippen molar-refractivity contribution in [3.63, 3.8) is 0 Å². The fourth-order valence-corrected chi connectivity index (χ4v) is 2.01. The predicted molar refractivity (Wildman–Crippen MR) is 72.7 cm³/mol. The summed E-state index contributed by atoms with van der Waals surface area (Å²) < 4.78 is 1.68. The Kier molecular flexibility index (Phi) is 3.69. The molecule has 0 bridgehead atoms. The molecular formula is C13H14ClN3O. The summed E-state index contributed by atoms with van der Waals surface area (Å²) in [7, 11) is 1.77. The van der Waals surface area contributed by atoms with Gasteiger partial charge in [0, 0.05) is 25.5 Å². The Morgan fingerprint density at radius 2 is 2.17 bits per heavy atom. The number of benzene rings is 1. The Labute approximate surface area is 110 Å². The van der Waals surface area contributed by atoms with E-state index in [-0.39, 0.29) is 5.91 Å². The summed E-state index contributed by atoms with van der Waals surface area (Å²) in [5, 5.41) is 3.37. The second kappa shape index (κ2) is 5.25. The lowest BCUT2D eigenvalue weighted by atomic mass is 10.2. The topological polar surface area (TPSA) is 60.0 Å². The maximum Gasteiger partial charge on any atom is 0.272 e. The van der Waals surface area contributed by atoms with Crippen molar-refractivity contribution in [1.82, 2.24) is 4.57 Å². The number of nitrogens with one attached hydrogen (secondary N) is 1. The van der Waals surface area contributed by atoms with Crippen molar-refractivity contribution >= 4 is 23.2 Å². The molecule has 94 valence electrons. The molecule has 1 aromatic heterocycles. The van der Waals surface area contributed by atoms with Crippen LogP contribution >= 0.6 is 11.6 Å². The molecule has 5 heteroatoms. The molecule has 3 N–H and O–H groups in total. The van der Waals surface area contributed by atoms with E-state index in [1.807, 2.05) is 24.3 Å². The van der Waals surface area contributed by atoms with Crippen molar-refractivity contribution in [3.8, 4) is 0 Å². The van der Waals surface area contributed by atoms with E-state index in [1.54, 1.807) is 23.9 Å². The van der Waals surface area contributed by atoms with Crippen molar-refractivity contribution < 1.29 is 4.79 Å². The summed E-state index contributed by atoms with van der Waals surface area (Å²) in [6.07, 6.45) is 1.69. The molecule has 2 aromatic rings. The van der Waals surface area contributed by atoms with Crippen LogP contribution in [-0.2, 0) is 13.6 Å². The van der Waals surface area contributed by atoms with Crippen LogP contribution in [0.4, 0.5) is 5.69 Å². The molecule has 0 fully saturated rings. The summed E-state index contributed by atoms with van der Waals surface area (Å²) in [5.41, 5.74) is 7.75. The number of para-hydroxylation sites is 1. The van der Waals surface area contributed by atoms with Crippen LogP contribution in [0.1, 0.15) is 16.1 Å². The molecular weight excluding hydrogens is 250 g/mol. The molecule has 18 heavy (non-hydrogen) atoms. The van der Waals surface area contributed by atoms with E-state index in [9.17, 15) is 4.79 Å². The average molecular weight is 264 g/mol. The van der Waals surface area contributed by atoms with Gasteiger partial charge in [0.05, 0.1) is 5.02 Å². The number of aryl methyl sites for hydroxylation is 1. The molecule has 0 saturated heterocycles. The number of anilines is 1. The number of hydrogen-bond acceptors (Lipinski definition) is 2. The lowest BCUT2D eigenvalue weighted by Crippen LogP contribution is -2.17. The first kappa shape index (κ1) is 12.7. The number of rotatable bonds is 3. The molecule has 1 heterocycles. The third kappa shape index (κ3) is 2.55. The lowest BCUT2D eigenvalue weighted by Gasteiger charge is -2.09. The van der Waals surface area contributed by atoms with E-state index in [2.05, 4.69) is 5.32 Å². The van der Waals surface area contributed by atoms with E-state index in [0.717, 1.165) is 11.3 Å². The largest absolute Gasteiger partial charge is 0.345 e. The van der Waals surface area contributed by atoms with Crippen LogP contribution in [-0.4, -0.2) is 10.5 Å². The van der Waals surface area contributed by atoms with Gasteiger partial charge in [-0.3, -0.25) is 4.79 Å². The summed E-state index contributed by atoms with van der Waals surface area (Å²) in [6, 6.07) is 9.07. The van der Waals surface area contributed by atoms with Gasteiger partial charge in [-0.15, -0.1) is 0 Å². The van der Waals surface area contributed by atoms with Gasteiger partial charge in [-0.2, -0.15) is 0 Å². The van der Waals surface area contributed by atoms with Crippen LogP contribution < -0.4 is 11.1 Å². The van der Waals surface area contributed by atoms with Gasteiger partial charge in [0.2, 0.25) is 0 Å². The van der Waals surface area contributed by atoms with Gasteiger partial charge in [-0.25, -0.2) is 0 Å². The molecule has 0 unspecified atom stereocenters. The first-order chi connectivity index (χ1) is 8.61. The minimum Gasteiger partial charge on any atom is -0.345 e.